The Kier molecular flexibility index (Phi) is 5.52. The fourth-order valence-corrected chi connectivity index (χ4v) is 2.90. The number of ether oxygens (including phenoxy) is 2. The molecule has 7 heteroatoms. The Balaban J connectivity index is 1.57. The van der Waals surface area contributed by atoms with Gasteiger partial charge in [0.15, 0.2) is 11.5 Å². The van der Waals surface area contributed by atoms with Crippen LogP contribution < -0.4 is 20.1 Å². The molecule has 30 heavy (non-hydrogen) atoms. The summed E-state index contributed by atoms with van der Waals surface area (Å²) in [6.45, 7) is 2.29. The third-order valence-electron chi connectivity index (χ3n) is 4.52. The van der Waals surface area contributed by atoms with Gasteiger partial charge in [-0.15, -0.1) is 0 Å². The zero-order valence-electron chi connectivity index (χ0n) is 16.3. The highest BCUT2D eigenvalue weighted by molar-refractivity contribution is 6.05. The van der Waals surface area contributed by atoms with Crippen LogP contribution in [0.3, 0.4) is 0 Å². The molecule has 0 spiro atoms. The summed E-state index contributed by atoms with van der Waals surface area (Å²) in [4.78, 5) is 25.5. The first kappa shape index (κ1) is 19.3. The third kappa shape index (κ3) is 4.52. The Morgan fingerprint density at radius 2 is 1.83 bits per heavy atom. The van der Waals surface area contributed by atoms with Crippen molar-refractivity contribution >= 4 is 17.9 Å². The molecule has 4 rings (SSSR count). The van der Waals surface area contributed by atoms with Crippen LogP contribution >= 0.6 is 0 Å². The van der Waals surface area contributed by atoms with Gasteiger partial charge < -0.3 is 24.5 Å². The Labute approximate surface area is 173 Å². The quantitative estimate of drug-likeness (QED) is 0.615. The summed E-state index contributed by atoms with van der Waals surface area (Å²) in [5.41, 5.74) is 2.28. The van der Waals surface area contributed by atoms with Crippen LogP contribution in [0.4, 0.5) is 0 Å². The van der Waals surface area contributed by atoms with E-state index >= 15 is 0 Å². The third-order valence-corrected chi connectivity index (χ3v) is 4.52. The van der Waals surface area contributed by atoms with Crippen LogP contribution in [0, 0.1) is 6.92 Å². The minimum atomic E-state index is -0.440. The number of furan rings is 1. The van der Waals surface area contributed by atoms with Crippen molar-refractivity contribution in [2.75, 3.05) is 6.79 Å². The summed E-state index contributed by atoms with van der Waals surface area (Å²) in [7, 11) is 0. The fourth-order valence-electron chi connectivity index (χ4n) is 2.90. The smallest absolute Gasteiger partial charge is 0.268 e. The molecule has 2 amide bonds. The molecule has 2 aromatic carbocycles. The lowest BCUT2D eigenvalue weighted by molar-refractivity contribution is -0.118. The van der Waals surface area contributed by atoms with E-state index in [1.165, 1.54) is 6.26 Å². The van der Waals surface area contributed by atoms with Gasteiger partial charge in [-0.05, 0) is 55.0 Å². The zero-order chi connectivity index (χ0) is 20.9. The normalized spacial score (nSPS) is 12.5. The maximum absolute atomic E-state index is 12.8. The predicted octanol–water partition coefficient (Wildman–Crippen LogP) is 3.40. The second-order valence-electron chi connectivity index (χ2n) is 6.75. The molecule has 2 N–H and O–H groups in total. The molecule has 0 radical (unpaired) electrons. The maximum Gasteiger partial charge on any atom is 0.268 e. The number of benzene rings is 2. The van der Waals surface area contributed by atoms with Gasteiger partial charge in [-0.1, -0.05) is 23.8 Å². The predicted molar refractivity (Wildman–Crippen MR) is 110 cm³/mol. The number of aryl methyl sites for hydroxylation is 1. The summed E-state index contributed by atoms with van der Waals surface area (Å²) >= 11 is 0. The Hall–Kier alpha value is -4.00. The van der Waals surface area contributed by atoms with E-state index in [4.69, 9.17) is 13.9 Å². The van der Waals surface area contributed by atoms with Gasteiger partial charge in [0, 0.05) is 5.56 Å². The number of amides is 2. The minimum Gasteiger partial charge on any atom is -0.467 e. The van der Waals surface area contributed by atoms with Gasteiger partial charge in [-0.3, -0.25) is 9.59 Å². The number of rotatable bonds is 6. The SMILES string of the molecule is Cc1ccc(C(=O)N/C(=C/c2ccc3c(c2)OCO3)C(=O)NCc2ccco2)cc1. The van der Waals surface area contributed by atoms with E-state index in [-0.39, 0.29) is 24.9 Å². The molecule has 7 nitrogen and oxygen atoms in total. The van der Waals surface area contributed by atoms with E-state index in [0.29, 0.717) is 28.4 Å². The van der Waals surface area contributed by atoms with Gasteiger partial charge in [0.1, 0.15) is 11.5 Å². The molecular weight excluding hydrogens is 384 g/mol. The summed E-state index contributed by atoms with van der Waals surface area (Å²) < 4.78 is 15.9. The van der Waals surface area contributed by atoms with Crippen LogP contribution in [0.1, 0.15) is 27.2 Å². The second kappa shape index (κ2) is 8.57. The number of hydrogen-bond acceptors (Lipinski definition) is 5. The fraction of sp³-hybridized carbons (Fsp3) is 0.130. The number of carbonyl (C=O) groups is 2. The van der Waals surface area contributed by atoms with Gasteiger partial charge in [-0.2, -0.15) is 0 Å². The molecule has 1 aliphatic heterocycles. The van der Waals surface area contributed by atoms with Gasteiger partial charge in [0.25, 0.3) is 11.8 Å². The van der Waals surface area contributed by atoms with Gasteiger partial charge in [0.2, 0.25) is 6.79 Å². The Morgan fingerprint density at radius 1 is 1.03 bits per heavy atom. The van der Waals surface area contributed by atoms with Crippen LogP contribution in [0.25, 0.3) is 6.08 Å². The molecule has 2 heterocycles. The molecule has 0 aliphatic carbocycles. The number of carbonyl (C=O) groups excluding carboxylic acids is 2. The lowest BCUT2D eigenvalue weighted by Crippen LogP contribution is -2.34. The number of nitrogens with one attached hydrogen (secondary N) is 2. The molecule has 1 aliphatic rings. The van der Waals surface area contributed by atoms with Crippen LogP contribution in [-0.2, 0) is 11.3 Å². The van der Waals surface area contributed by atoms with Crippen molar-refractivity contribution in [1.82, 2.24) is 10.6 Å². The first-order valence-electron chi connectivity index (χ1n) is 9.38. The van der Waals surface area contributed by atoms with Crippen molar-refractivity contribution in [3.05, 3.63) is 89.0 Å². The minimum absolute atomic E-state index is 0.103. The molecule has 0 bridgehead atoms. The van der Waals surface area contributed by atoms with Gasteiger partial charge in [-0.25, -0.2) is 0 Å². The topological polar surface area (TPSA) is 89.8 Å². The summed E-state index contributed by atoms with van der Waals surface area (Å²) in [6, 6.07) is 15.9. The maximum atomic E-state index is 12.8. The van der Waals surface area contributed by atoms with Crippen molar-refractivity contribution in [1.29, 1.82) is 0 Å². The van der Waals surface area contributed by atoms with E-state index in [9.17, 15) is 9.59 Å². The van der Waals surface area contributed by atoms with E-state index < -0.39 is 5.91 Å². The first-order valence-corrected chi connectivity index (χ1v) is 9.38. The zero-order valence-corrected chi connectivity index (χ0v) is 16.3. The van der Waals surface area contributed by atoms with Crippen molar-refractivity contribution < 1.29 is 23.5 Å². The van der Waals surface area contributed by atoms with Crippen molar-refractivity contribution in [2.45, 2.75) is 13.5 Å². The van der Waals surface area contributed by atoms with E-state index in [1.807, 2.05) is 19.1 Å². The van der Waals surface area contributed by atoms with Gasteiger partial charge in [0.05, 0.1) is 12.8 Å². The highest BCUT2D eigenvalue weighted by Gasteiger charge is 2.17. The molecule has 3 aromatic rings. The molecule has 1 aromatic heterocycles. The number of fused-ring (bicyclic) bond motifs is 1. The Bertz CT molecular complexity index is 1090. The van der Waals surface area contributed by atoms with E-state index in [0.717, 1.165) is 5.56 Å². The molecule has 0 atom stereocenters. The van der Waals surface area contributed by atoms with Crippen molar-refractivity contribution in [3.63, 3.8) is 0 Å². The van der Waals surface area contributed by atoms with Crippen molar-refractivity contribution in [3.8, 4) is 11.5 Å². The second-order valence-corrected chi connectivity index (χ2v) is 6.75. The van der Waals surface area contributed by atoms with Gasteiger partial charge >= 0.3 is 0 Å². The summed E-state index contributed by atoms with van der Waals surface area (Å²) in [5.74, 6) is 1.01. The molecule has 0 unspecified atom stereocenters. The van der Waals surface area contributed by atoms with Crippen LogP contribution in [-0.4, -0.2) is 18.6 Å². The van der Waals surface area contributed by atoms with Crippen LogP contribution in [0.15, 0.2) is 71.0 Å². The molecule has 0 saturated heterocycles. The standard InChI is InChI=1S/C23H20N2O5/c1-15-4-7-17(8-5-15)22(26)25-19(23(27)24-13-18-3-2-10-28-18)11-16-6-9-20-21(12-16)30-14-29-20/h2-12H,13-14H2,1H3,(H,24,27)(H,25,26)/b19-11+. The lowest BCUT2D eigenvalue weighted by Gasteiger charge is -2.11. The summed E-state index contributed by atoms with van der Waals surface area (Å²) in [6.07, 6.45) is 3.12. The molecule has 0 fully saturated rings. The van der Waals surface area contributed by atoms with E-state index in [1.54, 1.807) is 48.5 Å². The molecule has 0 saturated carbocycles. The Morgan fingerprint density at radius 3 is 2.60 bits per heavy atom. The lowest BCUT2D eigenvalue weighted by atomic mass is 10.1. The highest BCUT2D eigenvalue weighted by Crippen LogP contribution is 2.33. The van der Waals surface area contributed by atoms with Crippen molar-refractivity contribution in [2.24, 2.45) is 0 Å². The molecular formula is C23H20N2O5. The van der Waals surface area contributed by atoms with Crippen LogP contribution in [0.2, 0.25) is 0 Å². The summed E-state index contributed by atoms with van der Waals surface area (Å²) in [5, 5.41) is 5.46. The largest absolute Gasteiger partial charge is 0.467 e. The highest BCUT2D eigenvalue weighted by atomic mass is 16.7. The van der Waals surface area contributed by atoms with E-state index in [2.05, 4.69) is 10.6 Å². The first-order chi connectivity index (χ1) is 14.6. The van der Waals surface area contributed by atoms with Crippen LogP contribution in [0.5, 0.6) is 11.5 Å². The molecule has 152 valence electrons. The monoisotopic (exact) mass is 404 g/mol. The average molecular weight is 404 g/mol. The average Bonchev–Trinajstić information content (AvgIpc) is 3.43. The number of hydrogen-bond donors (Lipinski definition) is 2.